The van der Waals surface area contributed by atoms with Crippen molar-refractivity contribution in [3.05, 3.63) is 29.8 Å². The molecule has 18 heavy (non-hydrogen) atoms. The highest BCUT2D eigenvalue weighted by molar-refractivity contribution is 5.73. The summed E-state index contributed by atoms with van der Waals surface area (Å²) < 4.78 is 0. The number of carboxylic acids is 1. The molecule has 0 saturated heterocycles. The first-order valence-corrected chi connectivity index (χ1v) is 5.86. The number of rotatable bonds is 3. The van der Waals surface area contributed by atoms with Crippen molar-refractivity contribution in [1.29, 1.82) is 0 Å². The van der Waals surface area contributed by atoms with Gasteiger partial charge in [-0.25, -0.2) is 0 Å². The molecule has 0 aliphatic rings. The SMILES string of the molecule is C.CC.CC.NC(Cc1ccc(O)cc1)C(=O)O. The maximum Gasteiger partial charge on any atom is 0.320 e. The molecule has 0 aliphatic carbocycles. The van der Waals surface area contributed by atoms with Crippen LogP contribution in [0.25, 0.3) is 0 Å². The van der Waals surface area contributed by atoms with Crippen LogP contribution in [0.3, 0.4) is 0 Å². The van der Waals surface area contributed by atoms with Crippen molar-refractivity contribution in [3.8, 4) is 5.75 Å². The first-order chi connectivity index (χ1) is 8.09. The van der Waals surface area contributed by atoms with Gasteiger partial charge in [-0.05, 0) is 24.1 Å². The van der Waals surface area contributed by atoms with Crippen molar-refractivity contribution in [1.82, 2.24) is 0 Å². The van der Waals surface area contributed by atoms with Gasteiger partial charge in [0.15, 0.2) is 0 Å². The molecule has 0 aliphatic heterocycles. The molecule has 0 bridgehead atoms. The largest absolute Gasteiger partial charge is 0.508 e. The Kier molecular flexibility index (Phi) is 16.3. The lowest BCUT2D eigenvalue weighted by atomic mass is 10.1. The van der Waals surface area contributed by atoms with E-state index in [1.807, 2.05) is 27.7 Å². The fourth-order valence-corrected chi connectivity index (χ4v) is 0.973. The average molecular weight is 257 g/mol. The Morgan fingerprint density at radius 1 is 1.17 bits per heavy atom. The summed E-state index contributed by atoms with van der Waals surface area (Å²) in [7, 11) is 0. The molecule has 4 N–H and O–H groups in total. The number of carboxylic acid groups (broad SMARTS) is 1. The van der Waals surface area contributed by atoms with Crippen LogP contribution in [-0.4, -0.2) is 22.2 Å². The van der Waals surface area contributed by atoms with Crippen LogP contribution in [0.1, 0.15) is 40.7 Å². The number of hydrogen-bond acceptors (Lipinski definition) is 3. The summed E-state index contributed by atoms with van der Waals surface area (Å²) in [6.45, 7) is 8.00. The monoisotopic (exact) mass is 257 g/mol. The zero-order chi connectivity index (χ0) is 13.8. The molecule has 0 fully saturated rings. The van der Waals surface area contributed by atoms with Crippen molar-refractivity contribution in [2.45, 2.75) is 47.6 Å². The molecule has 0 radical (unpaired) electrons. The molecule has 1 aromatic carbocycles. The van der Waals surface area contributed by atoms with E-state index in [-0.39, 0.29) is 19.6 Å². The molecular weight excluding hydrogens is 230 g/mol. The lowest BCUT2D eigenvalue weighted by Crippen LogP contribution is -2.32. The van der Waals surface area contributed by atoms with Gasteiger partial charge in [-0.3, -0.25) is 4.79 Å². The number of benzene rings is 1. The molecule has 106 valence electrons. The summed E-state index contributed by atoms with van der Waals surface area (Å²) >= 11 is 0. The van der Waals surface area contributed by atoms with Gasteiger partial charge in [0.25, 0.3) is 0 Å². The Morgan fingerprint density at radius 2 is 1.56 bits per heavy atom. The highest BCUT2D eigenvalue weighted by Gasteiger charge is 2.11. The van der Waals surface area contributed by atoms with Gasteiger partial charge in [0.2, 0.25) is 0 Å². The molecule has 1 atom stereocenters. The second-order valence-corrected chi connectivity index (χ2v) is 2.82. The number of nitrogens with two attached hydrogens (primary N) is 1. The fraction of sp³-hybridized carbons (Fsp3) is 0.500. The second kappa shape index (κ2) is 13.5. The smallest absolute Gasteiger partial charge is 0.320 e. The lowest BCUT2D eigenvalue weighted by molar-refractivity contribution is -0.138. The molecule has 0 heterocycles. The molecule has 1 aromatic rings. The summed E-state index contributed by atoms with van der Waals surface area (Å²) in [4.78, 5) is 10.4. The standard InChI is InChI=1S/C9H11NO3.2C2H6.CH4/c10-8(9(12)13)5-6-1-3-7(11)4-2-6;2*1-2;/h1-4,8,11H,5,10H2,(H,12,13);2*1-2H3;1H4. The minimum Gasteiger partial charge on any atom is -0.508 e. The van der Waals surface area contributed by atoms with E-state index in [9.17, 15) is 4.79 Å². The van der Waals surface area contributed by atoms with Crippen LogP contribution in [0.5, 0.6) is 5.75 Å². The van der Waals surface area contributed by atoms with Crippen LogP contribution in [0.4, 0.5) is 0 Å². The Labute approximate surface area is 110 Å². The van der Waals surface area contributed by atoms with E-state index >= 15 is 0 Å². The van der Waals surface area contributed by atoms with Crippen molar-refractivity contribution in [2.75, 3.05) is 0 Å². The van der Waals surface area contributed by atoms with E-state index in [1.54, 1.807) is 12.1 Å². The first kappa shape index (κ1) is 21.7. The second-order valence-electron chi connectivity index (χ2n) is 2.82. The van der Waals surface area contributed by atoms with Gasteiger partial charge in [0.05, 0.1) is 0 Å². The third kappa shape index (κ3) is 9.66. The fourth-order valence-electron chi connectivity index (χ4n) is 0.973. The minimum absolute atomic E-state index is 0. The van der Waals surface area contributed by atoms with Gasteiger partial charge >= 0.3 is 5.97 Å². The van der Waals surface area contributed by atoms with Gasteiger partial charge in [-0.1, -0.05) is 47.3 Å². The number of hydrogen-bond donors (Lipinski definition) is 3. The third-order valence-electron chi connectivity index (χ3n) is 1.71. The Bertz CT molecular complexity index is 296. The highest BCUT2D eigenvalue weighted by atomic mass is 16.4. The Hall–Kier alpha value is -1.55. The van der Waals surface area contributed by atoms with Crippen LogP contribution >= 0.6 is 0 Å². The van der Waals surface area contributed by atoms with Gasteiger partial charge in [0, 0.05) is 0 Å². The molecule has 0 aromatic heterocycles. The van der Waals surface area contributed by atoms with Crippen molar-refractivity contribution >= 4 is 5.97 Å². The lowest BCUT2D eigenvalue weighted by Gasteiger charge is -2.05. The Balaban J connectivity index is -0.000000409. The summed E-state index contributed by atoms with van der Waals surface area (Å²) in [5.74, 6) is -0.860. The van der Waals surface area contributed by atoms with E-state index in [0.717, 1.165) is 5.56 Å². The number of carbonyl (C=O) groups is 1. The molecule has 4 heteroatoms. The van der Waals surface area contributed by atoms with Crippen molar-refractivity contribution < 1.29 is 15.0 Å². The number of aliphatic carboxylic acids is 1. The van der Waals surface area contributed by atoms with Crippen LogP contribution in [0, 0.1) is 0 Å². The van der Waals surface area contributed by atoms with Crippen LogP contribution in [0.2, 0.25) is 0 Å². The molecular formula is C14H27NO3. The van der Waals surface area contributed by atoms with E-state index in [1.165, 1.54) is 12.1 Å². The maximum atomic E-state index is 10.4. The summed E-state index contributed by atoms with van der Waals surface area (Å²) in [6, 6.07) is 5.42. The van der Waals surface area contributed by atoms with E-state index in [4.69, 9.17) is 15.9 Å². The summed E-state index contributed by atoms with van der Waals surface area (Å²) in [6.07, 6.45) is 0.273. The van der Waals surface area contributed by atoms with Gasteiger partial charge < -0.3 is 15.9 Å². The number of phenolic OH excluding ortho intramolecular Hbond substituents is 1. The van der Waals surface area contributed by atoms with Crippen LogP contribution in [-0.2, 0) is 11.2 Å². The predicted octanol–water partition coefficient (Wildman–Crippen LogP) is 3.04. The molecule has 0 saturated carbocycles. The van der Waals surface area contributed by atoms with Crippen molar-refractivity contribution in [2.24, 2.45) is 5.73 Å². The molecule has 4 nitrogen and oxygen atoms in total. The van der Waals surface area contributed by atoms with E-state index in [2.05, 4.69) is 0 Å². The van der Waals surface area contributed by atoms with Gasteiger partial charge in [0.1, 0.15) is 11.8 Å². The predicted molar refractivity (Wildman–Crippen MR) is 76.8 cm³/mol. The summed E-state index contributed by atoms with van der Waals surface area (Å²) in [5.41, 5.74) is 6.12. The topological polar surface area (TPSA) is 83.5 Å². The Morgan fingerprint density at radius 3 is 1.89 bits per heavy atom. The van der Waals surface area contributed by atoms with Gasteiger partial charge in [-0.15, -0.1) is 0 Å². The molecule has 1 unspecified atom stereocenters. The molecule has 0 spiro atoms. The maximum absolute atomic E-state index is 10.4. The quantitative estimate of drug-likeness (QED) is 0.777. The van der Waals surface area contributed by atoms with Crippen LogP contribution in [0.15, 0.2) is 24.3 Å². The first-order valence-electron chi connectivity index (χ1n) is 5.86. The van der Waals surface area contributed by atoms with Crippen LogP contribution < -0.4 is 5.73 Å². The minimum atomic E-state index is -1.02. The average Bonchev–Trinajstić information content (AvgIpc) is 2.37. The van der Waals surface area contributed by atoms with Crippen molar-refractivity contribution in [3.63, 3.8) is 0 Å². The zero-order valence-corrected chi connectivity index (χ0v) is 11.0. The van der Waals surface area contributed by atoms with E-state index < -0.39 is 12.0 Å². The zero-order valence-electron chi connectivity index (χ0n) is 11.0. The normalized spacial score (nSPS) is 9.61. The van der Waals surface area contributed by atoms with E-state index in [0.29, 0.717) is 0 Å². The summed E-state index contributed by atoms with van der Waals surface area (Å²) in [5, 5.41) is 17.5. The van der Waals surface area contributed by atoms with Gasteiger partial charge in [-0.2, -0.15) is 0 Å². The molecule has 1 rings (SSSR count). The third-order valence-corrected chi connectivity index (χ3v) is 1.71. The number of phenols is 1. The molecule has 0 amide bonds. The highest BCUT2D eigenvalue weighted by Crippen LogP contribution is 2.10. The number of aromatic hydroxyl groups is 1.